The van der Waals surface area contributed by atoms with Gasteiger partial charge in [0.2, 0.25) is 0 Å². The first-order chi connectivity index (χ1) is 21.8. The summed E-state index contributed by atoms with van der Waals surface area (Å²) in [6.07, 6.45) is -3.16. The SMILES string of the molecule is CC.CCCc1ccc(C(C)=N/C(C(=O)N2CCC(c3ccccc3C(F)(F)F)CC2)=C(/CN)C2CC2)c(/C=C\CC(F)(F)F)c1. The van der Waals surface area contributed by atoms with E-state index in [2.05, 4.69) is 0 Å². The number of amides is 1. The number of likely N-dealkylation sites (tertiary alicyclic amines) is 1. The van der Waals surface area contributed by atoms with Crippen LogP contribution in [-0.2, 0) is 17.4 Å². The van der Waals surface area contributed by atoms with Gasteiger partial charge in [0, 0.05) is 30.9 Å². The first-order valence-corrected chi connectivity index (χ1v) is 16.1. The van der Waals surface area contributed by atoms with Crippen LogP contribution in [0.4, 0.5) is 26.3 Å². The van der Waals surface area contributed by atoms with Crippen LogP contribution >= 0.6 is 0 Å². The van der Waals surface area contributed by atoms with Crippen molar-refractivity contribution in [3.63, 3.8) is 0 Å². The molecule has 4 nitrogen and oxygen atoms in total. The van der Waals surface area contributed by atoms with Crippen molar-refractivity contribution in [3.8, 4) is 0 Å². The van der Waals surface area contributed by atoms with Gasteiger partial charge in [-0.2, -0.15) is 26.3 Å². The molecule has 1 heterocycles. The molecule has 1 saturated carbocycles. The summed E-state index contributed by atoms with van der Waals surface area (Å²) < 4.78 is 79.5. The third kappa shape index (κ3) is 10.0. The van der Waals surface area contributed by atoms with Crippen LogP contribution in [0.2, 0.25) is 0 Å². The molecular formula is C36H45F6N3O. The number of hydrogen-bond donors (Lipinski definition) is 1. The molecule has 0 spiro atoms. The molecule has 1 aliphatic heterocycles. The summed E-state index contributed by atoms with van der Waals surface area (Å²) in [5.41, 5.74) is 9.34. The number of rotatable bonds is 10. The van der Waals surface area contributed by atoms with Crippen molar-refractivity contribution < 1.29 is 31.1 Å². The monoisotopic (exact) mass is 649 g/mol. The number of alkyl halides is 6. The summed E-state index contributed by atoms with van der Waals surface area (Å²) in [6.45, 7) is 8.42. The molecule has 0 radical (unpaired) electrons. The van der Waals surface area contributed by atoms with E-state index in [0.29, 0.717) is 29.7 Å². The van der Waals surface area contributed by atoms with Crippen LogP contribution in [0.15, 0.2) is 64.8 Å². The Kier molecular flexibility index (Phi) is 13.2. The molecule has 2 aromatic rings. The molecule has 4 rings (SSSR count). The van der Waals surface area contributed by atoms with Crippen LogP contribution in [0.3, 0.4) is 0 Å². The van der Waals surface area contributed by atoms with Gasteiger partial charge in [-0.25, -0.2) is 4.99 Å². The van der Waals surface area contributed by atoms with Crippen LogP contribution in [-0.4, -0.2) is 42.3 Å². The number of nitrogens with zero attached hydrogens (tertiary/aromatic N) is 2. The van der Waals surface area contributed by atoms with E-state index in [0.717, 1.165) is 49.0 Å². The number of aryl methyl sites for hydroxylation is 1. The fourth-order valence-electron chi connectivity index (χ4n) is 5.87. The predicted molar refractivity (Wildman–Crippen MR) is 173 cm³/mol. The van der Waals surface area contributed by atoms with Crippen LogP contribution in [0.5, 0.6) is 0 Å². The Labute approximate surface area is 268 Å². The quantitative estimate of drug-likeness (QED) is 0.158. The van der Waals surface area contributed by atoms with Crippen molar-refractivity contribution in [3.05, 3.63) is 87.6 Å². The second kappa shape index (κ2) is 16.4. The van der Waals surface area contributed by atoms with E-state index in [1.165, 1.54) is 18.2 Å². The van der Waals surface area contributed by atoms with Crippen LogP contribution in [0.1, 0.15) is 100.0 Å². The minimum absolute atomic E-state index is 0.129. The second-order valence-corrected chi connectivity index (χ2v) is 11.6. The number of piperidine rings is 1. The van der Waals surface area contributed by atoms with Gasteiger partial charge in [-0.15, -0.1) is 0 Å². The third-order valence-corrected chi connectivity index (χ3v) is 8.26. The highest BCUT2D eigenvalue weighted by atomic mass is 19.4. The smallest absolute Gasteiger partial charge is 0.337 e. The zero-order chi connectivity index (χ0) is 34.1. The number of halogens is 6. The molecular weight excluding hydrogens is 604 g/mol. The summed E-state index contributed by atoms with van der Waals surface area (Å²) in [5, 5.41) is 0. The lowest BCUT2D eigenvalue weighted by Gasteiger charge is -2.33. The number of nitrogens with two attached hydrogens (primary N) is 1. The first-order valence-electron chi connectivity index (χ1n) is 16.1. The number of hydrogen-bond acceptors (Lipinski definition) is 3. The molecule has 0 bridgehead atoms. The number of carbonyl (C=O) groups is 1. The van der Waals surface area contributed by atoms with E-state index in [-0.39, 0.29) is 48.6 Å². The summed E-state index contributed by atoms with van der Waals surface area (Å²) >= 11 is 0. The fourth-order valence-corrected chi connectivity index (χ4v) is 5.87. The predicted octanol–water partition coefficient (Wildman–Crippen LogP) is 9.49. The molecule has 46 heavy (non-hydrogen) atoms. The number of allylic oxidation sites excluding steroid dienone is 1. The highest BCUT2D eigenvalue weighted by molar-refractivity contribution is 6.06. The fraction of sp³-hybridized carbons (Fsp3) is 0.500. The highest BCUT2D eigenvalue weighted by Gasteiger charge is 2.37. The topological polar surface area (TPSA) is 58.7 Å². The minimum atomic E-state index is -4.46. The molecule has 1 saturated heterocycles. The minimum Gasteiger partial charge on any atom is -0.337 e. The maximum Gasteiger partial charge on any atom is 0.416 e. The maximum atomic E-state index is 14.0. The van der Waals surface area contributed by atoms with E-state index in [4.69, 9.17) is 10.7 Å². The normalized spacial score (nSPS) is 17.1. The average Bonchev–Trinajstić information content (AvgIpc) is 3.86. The van der Waals surface area contributed by atoms with E-state index in [1.54, 1.807) is 17.9 Å². The van der Waals surface area contributed by atoms with E-state index in [9.17, 15) is 31.1 Å². The Morgan fingerprint density at radius 2 is 1.65 bits per heavy atom. The lowest BCUT2D eigenvalue weighted by atomic mass is 9.86. The molecule has 0 aromatic heterocycles. The van der Waals surface area contributed by atoms with Crippen molar-refractivity contribution in [2.45, 2.75) is 90.9 Å². The van der Waals surface area contributed by atoms with Crippen molar-refractivity contribution in [1.82, 2.24) is 4.90 Å². The summed E-state index contributed by atoms with van der Waals surface area (Å²) in [4.78, 5) is 20.4. The number of aliphatic imine (C=N–C) groups is 1. The molecule has 0 atom stereocenters. The van der Waals surface area contributed by atoms with Crippen molar-refractivity contribution in [1.29, 1.82) is 0 Å². The zero-order valence-corrected chi connectivity index (χ0v) is 27.1. The largest absolute Gasteiger partial charge is 0.416 e. The van der Waals surface area contributed by atoms with Gasteiger partial charge in [0.1, 0.15) is 5.70 Å². The molecule has 1 amide bonds. The van der Waals surface area contributed by atoms with Crippen LogP contribution in [0, 0.1) is 5.92 Å². The highest BCUT2D eigenvalue weighted by Crippen LogP contribution is 2.40. The van der Waals surface area contributed by atoms with Gasteiger partial charge < -0.3 is 10.6 Å². The van der Waals surface area contributed by atoms with Gasteiger partial charge in [0.25, 0.3) is 5.91 Å². The molecule has 252 valence electrons. The molecule has 0 unspecified atom stereocenters. The van der Waals surface area contributed by atoms with Gasteiger partial charge in [-0.1, -0.05) is 75.7 Å². The van der Waals surface area contributed by atoms with Gasteiger partial charge in [0.15, 0.2) is 0 Å². The Morgan fingerprint density at radius 1 is 1.00 bits per heavy atom. The second-order valence-electron chi connectivity index (χ2n) is 11.6. The average molecular weight is 650 g/mol. The summed E-state index contributed by atoms with van der Waals surface area (Å²) in [7, 11) is 0. The lowest BCUT2D eigenvalue weighted by molar-refractivity contribution is -0.138. The van der Waals surface area contributed by atoms with Gasteiger partial charge in [-0.05, 0) is 79.2 Å². The molecule has 10 heteroatoms. The van der Waals surface area contributed by atoms with Crippen LogP contribution < -0.4 is 5.73 Å². The summed E-state index contributed by atoms with van der Waals surface area (Å²) in [5.74, 6) is -0.527. The Morgan fingerprint density at radius 3 is 2.22 bits per heavy atom. The van der Waals surface area contributed by atoms with Crippen molar-refractivity contribution in [2.24, 2.45) is 16.6 Å². The van der Waals surface area contributed by atoms with Gasteiger partial charge in [-0.3, -0.25) is 4.79 Å². The molecule has 2 N–H and O–H groups in total. The molecule has 2 aromatic carbocycles. The van der Waals surface area contributed by atoms with Gasteiger partial charge >= 0.3 is 12.4 Å². The Balaban J connectivity index is 0.00000282. The Bertz CT molecular complexity index is 1410. The standard InChI is InChI=1S/C34H39F6N3O.C2H6/c1-3-7-23-11-14-27(26(20-23)8-6-17-33(35,36)37)22(2)42-31(29(21-41)24-12-13-24)32(44)43-18-15-25(16-19-43)28-9-4-5-10-30(28)34(38,39)40;1-2/h4-6,8-11,14,20,24-25H,3,7,12-13,15-19,21,41H2,1-2H3;1-2H3/b8-6-,31-29-,42-22?;. The molecule has 1 aliphatic carbocycles. The molecule has 2 fully saturated rings. The van der Waals surface area contributed by atoms with Crippen molar-refractivity contribution in [2.75, 3.05) is 19.6 Å². The van der Waals surface area contributed by atoms with Gasteiger partial charge in [0.05, 0.1) is 12.0 Å². The number of benzene rings is 2. The third-order valence-electron chi connectivity index (χ3n) is 8.26. The first kappa shape index (κ1) is 37.1. The Hall–Kier alpha value is -3.40. The van der Waals surface area contributed by atoms with Crippen LogP contribution in [0.25, 0.3) is 6.08 Å². The van der Waals surface area contributed by atoms with Crippen molar-refractivity contribution >= 4 is 17.7 Å². The van der Waals surface area contributed by atoms with E-state index < -0.39 is 24.3 Å². The maximum absolute atomic E-state index is 14.0. The van der Waals surface area contributed by atoms with E-state index >= 15 is 0 Å². The lowest BCUT2D eigenvalue weighted by Crippen LogP contribution is -2.39. The zero-order valence-electron chi connectivity index (χ0n) is 27.1. The molecule has 2 aliphatic rings. The number of carbonyl (C=O) groups excluding carboxylic acids is 1. The van der Waals surface area contributed by atoms with E-state index in [1.807, 2.05) is 39.0 Å². The summed E-state index contributed by atoms with van der Waals surface area (Å²) in [6, 6.07) is 11.2.